The number of anilines is 6. The molecule has 13 aromatic rings. The Hall–Kier alpha value is -9.52. The first-order valence-electron chi connectivity index (χ1n) is 23.6. The summed E-state index contributed by atoms with van der Waals surface area (Å²) in [5.74, 6) is 0. The Balaban J connectivity index is 1.09. The normalized spacial score (nSPS) is 11.5. The number of rotatable bonds is 10. The maximum Gasteiger partial charge on any atom is 0.0571 e. The molecule has 6 heteroatoms. The van der Waals surface area contributed by atoms with E-state index >= 15 is 0 Å². The van der Waals surface area contributed by atoms with E-state index in [1.165, 1.54) is 12.4 Å². The number of fused-ring (bicyclic) bond motifs is 10. The van der Waals surface area contributed by atoms with Crippen LogP contribution in [0.15, 0.2) is 243 Å². The molecule has 0 radical (unpaired) electrons. The summed E-state index contributed by atoms with van der Waals surface area (Å²) in [6.45, 7) is 0. The van der Waals surface area contributed by atoms with Crippen LogP contribution >= 0.6 is 0 Å². The van der Waals surface area contributed by atoms with Crippen LogP contribution in [0.4, 0.5) is 34.1 Å². The average Bonchev–Trinajstić information content (AvgIpc) is 3.94. The lowest BCUT2D eigenvalue weighted by Crippen LogP contribution is -2.10. The minimum atomic E-state index is 0.711. The molecule has 0 saturated carbocycles. The second kappa shape index (κ2) is 16.7. The third-order valence-electron chi connectivity index (χ3n) is 13.8. The van der Waals surface area contributed by atoms with Crippen molar-refractivity contribution in [2.75, 3.05) is 9.80 Å². The van der Waals surface area contributed by atoms with Crippen molar-refractivity contribution in [3.63, 3.8) is 0 Å². The summed E-state index contributed by atoms with van der Waals surface area (Å²) in [6, 6.07) is 85.9. The molecule has 0 aliphatic heterocycles. The van der Waals surface area contributed by atoms with Crippen LogP contribution in [-0.2, 0) is 0 Å². The molecule has 0 fully saturated rings. The number of hydrogen-bond acceptors (Lipinski definition) is 4. The van der Waals surface area contributed by atoms with Crippen molar-refractivity contribution >= 4 is 112 Å². The van der Waals surface area contributed by atoms with Crippen molar-refractivity contribution in [1.29, 1.82) is 10.8 Å². The van der Waals surface area contributed by atoms with E-state index in [1.807, 2.05) is 6.07 Å². The molecule has 2 aromatic heterocycles. The highest BCUT2D eigenvalue weighted by molar-refractivity contribution is 6.24. The number of benzene rings is 11. The Kier molecular flexibility index (Phi) is 9.70. The standard InChI is InChI=1S/C64H44N6/c65-41-45-37-46(42-66)62(70-58-36-32-52(68(49-23-9-3-10-24-49)50-25-11-4-12-26-50)39-56(58)64-54-28-16-14-18-44(54)30-34-60(64)70)40-61(45)69-57-35-31-51(67(47-19-5-1-6-20-47)48-21-7-2-8-22-48)38-55(57)63-53-27-15-13-17-43(53)29-33-59(63)69/h1-42,65-66H. The number of para-hydroxylation sites is 4. The predicted octanol–water partition coefficient (Wildman–Crippen LogP) is 17.1. The summed E-state index contributed by atoms with van der Waals surface area (Å²) >= 11 is 0. The van der Waals surface area contributed by atoms with Gasteiger partial charge >= 0.3 is 0 Å². The van der Waals surface area contributed by atoms with Gasteiger partial charge in [0.05, 0.1) is 33.4 Å². The van der Waals surface area contributed by atoms with Crippen LogP contribution in [0.25, 0.3) is 76.5 Å². The lowest BCUT2D eigenvalue weighted by atomic mass is 10.0. The van der Waals surface area contributed by atoms with Crippen molar-refractivity contribution in [1.82, 2.24) is 9.13 Å². The van der Waals surface area contributed by atoms with Crippen molar-refractivity contribution in [2.45, 2.75) is 0 Å². The molecule has 0 amide bonds. The van der Waals surface area contributed by atoms with E-state index in [0.717, 1.165) is 111 Å². The Bertz CT molecular complexity index is 3810. The molecule has 0 bridgehead atoms. The number of hydrogen-bond donors (Lipinski definition) is 2. The van der Waals surface area contributed by atoms with E-state index in [9.17, 15) is 0 Å². The lowest BCUT2D eigenvalue weighted by molar-refractivity contribution is 1.13. The maximum atomic E-state index is 8.96. The van der Waals surface area contributed by atoms with Gasteiger partial charge in [0.25, 0.3) is 0 Å². The van der Waals surface area contributed by atoms with Gasteiger partial charge in [-0.1, -0.05) is 133 Å². The van der Waals surface area contributed by atoms with Gasteiger partial charge in [0.2, 0.25) is 0 Å². The first kappa shape index (κ1) is 40.7. The third kappa shape index (κ3) is 6.49. The van der Waals surface area contributed by atoms with Crippen LogP contribution in [0.5, 0.6) is 0 Å². The van der Waals surface area contributed by atoms with Crippen molar-refractivity contribution in [3.8, 4) is 11.4 Å². The molecule has 0 spiro atoms. The number of nitrogens with one attached hydrogen (secondary N) is 2. The zero-order chi connectivity index (χ0) is 46.7. The van der Waals surface area contributed by atoms with Gasteiger partial charge in [-0.2, -0.15) is 0 Å². The highest BCUT2D eigenvalue weighted by Crippen LogP contribution is 2.45. The van der Waals surface area contributed by atoms with E-state index in [4.69, 9.17) is 10.8 Å². The topological polar surface area (TPSA) is 64.0 Å². The van der Waals surface area contributed by atoms with Crippen molar-refractivity contribution < 1.29 is 0 Å². The monoisotopic (exact) mass is 896 g/mol. The third-order valence-corrected chi connectivity index (χ3v) is 13.8. The summed E-state index contributed by atoms with van der Waals surface area (Å²) in [7, 11) is 0. The molecule has 13 rings (SSSR count). The highest BCUT2D eigenvalue weighted by Gasteiger charge is 2.24. The fourth-order valence-corrected chi connectivity index (χ4v) is 10.8. The molecule has 2 N–H and O–H groups in total. The second-order valence-corrected chi connectivity index (χ2v) is 17.7. The molecule has 0 aliphatic rings. The molecule has 11 aromatic carbocycles. The summed E-state index contributed by atoms with van der Waals surface area (Å²) < 4.78 is 4.65. The molecule has 6 nitrogen and oxygen atoms in total. The highest BCUT2D eigenvalue weighted by atomic mass is 15.1. The van der Waals surface area contributed by atoms with E-state index < -0.39 is 0 Å². The van der Waals surface area contributed by atoms with Gasteiger partial charge in [0, 0.05) is 79.2 Å². The van der Waals surface area contributed by atoms with Crippen molar-refractivity contribution in [3.05, 3.63) is 254 Å². The van der Waals surface area contributed by atoms with Gasteiger partial charge in [-0.3, -0.25) is 0 Å². The summed E-state index contributed by atoms with van der Waals surface area (Å²) in [6.07, 6.45) is 2.86. The Morgan fingerprint density at radius 3 is 1.00 bits per heavy atom. The summed E-state index contributed by atoms with van der Waals surface area (Å²) in [5, 5.41) is 27.0. The number of nitrogens with zero attached hydrogens (tertiary/aromatic N) is 4. The van der Waals surface area contributed by atoms with Gasteiger partial charge < -0.3 is 29.8 Å². The van der Waals surface area contributed by atoms with Gasteiger partial charge in [0.15, 0.2) is 0 Å². The molecule has 0 atom stereocenters. The fourth-order valence-electron chi connectivity index (χ4n) is 10.8. The van der Waals surface area contributed by atoms with Crippen LogP contribution in [0.1, 0.15) is 11.1 Å². The van der Waals surface area contributed by atoms with E-state index in [1.54, 1.807) is 0 Å². The largest absolute Gasteiger partial charge is 0.310 e. The molecular weight excluding hydrogens is 853 g/mol. The molecule has 0 unspecified atom stereocenters. The van der Waals surface area contributed by atoms with Crippen LogP contribution in [0.2, 0.25) is 0 Å². The smallest absolute Gasteiger partial charge is 0.0571 e. The Morgan fingerprint density at radius 1 is 0.286 bits per heavy atom. The van der Waals surface area contributed by atoms with E-state index in [0.29, 0.717) is 11.1 Å². The minimum Gasteiger partial charge on any atom is -0.310 e. The quantitative estimate of drug-likeness (QED) is 0.134. The molecule has 330 valence electrons. The van der Waals surface area contributed by atoms with E-state index in [-0.39, 0.29) is 0 Å². The van der Waals surface area contributed by atoms with Crippen LogP contribution < -0.4 is 9.80 Å². The lowest BCUT2D eigenvalue weighted by Gasteiger charge is -2.25. The van der Waals surface area contributed by atoms with Gasteiger partial charge in [-0.15, -0.1) is 0 Å². The zero-order valence-electron chi connectivity index (χ0n) is 38.0. The first-order chi connectivity index (χ1) is 34.7. The van der Waals surface area contributed by atoms with Gasteiger partial charge in [-0.05, 0) is 131 Å². The Labute approximate surface area is 404 Å². The van der Waals surface area contributed by atoms with E-state index in [2.05, 4.69) is 256 Å². The fraction of sp³-hybridized carbons (Fsp3) is 0. The van der Waals surface area contributed by atoms with Gasteiger partial charge in [-0.25, -0.2) is 0 Å². The first-order valence-corrected chi connectivity index (χ1v) is 23.6. The SMILES string of the molecule is N=Cc1cc(C=N)c(-n2c3ccc(N(c4ccccc4)c4ccccc4)cc3c3c4ccccc4ccc32)cc1-n1c2ccc(N(c3ccccc3)c3ccccc3)cc2c2c3ccccc3ccc21. The second-order valence-electron chi connectivity index (χ2n) is 17.7. The number of aromatic nitrogens is 2. The summed E-state index contributed by atoms with van der Waals surface area (Å²) in [4.78, 5) is 4.62. The molecule has 70 heavy (non-hydrogen) atoms. The molecule has 2 heterocycles. The molecule has 0 saturated heterocycles. The van der Waals surface area contributed by atoms with Crippen LogP contribution in [-0.4, -0.2) is 21.6 Å². The maximum absolute atomic E-state index is 8.96. The molecular formula is C64H44N6. The predicted molar refractivity (Wildman–Crippen MR) is 295 cm³/mol. The Morgan fingerprint density at radius 2 is 0.629 bits per heavy atom. The average molecular weight is 897 g/mol. The zero-order valence-corrected chi connectivity index (χ0v) is 38.0. The van der Waals surface area contributed by atoms with Gasteiger partial charge in [0.1, 0.15) is 0 Å². The molecule has 0 aliphatic carbocycles. The summed E-state index contributed by atoms with van der Waals surface area (Å²) in [5.41, 5.74) is 13.6. The van der Waals surface area contributed by atoms with Crippen LogP contribution in [0, 0.1) is 10.8 Å². The van der Waals surface area contributed by atoms with Crippen molar-refractivity contribution in [2.24, 2.45) is 0 Å². The van der Waals surface area contributed by atoms with Crippen LogP contribution in [0.3, 0.4) is 0 Å². The minimum absolute atomic E-state index is 0.711.